The summed E-state index contributed by atoms with van der Waals surface area (Å²) in [6.45, 7) is 5.99. The van der Waals surface area contributed by atoms with Crippen LogP contribution in [0.25, 0.3) is 11.4 Å². The number of hydrogen-bond donors (Lipinski definition) is 2. The van der Waals surface area contributed by atoms with Crippen molar-refractivity contribution < 1.29 is 9.32 Å². The molecule has 2 heterocycles. The zero-order valence-electron chi connectivity index (χ0n) is 14.7. The minimum Gasteiger partial charge on any atom is -0.356 e. The second-order valence-corrected chi connectivity index (χ2v) is 6.75. The standard InChI is InChI=1S/C18H24ClN5O2/c19-15-4-2-14(3-5-15)18-22-17(26-23-18)7-6-16(25)21-8-1-11-24-12-9-20-10-13-24/h2-5,20H,1,6-13H2,(H,21,25). The van der Waals surface area contributed by atoms with E-state index in [0.29, 0.717) is 36.1 Å². The molecule has 2 N–H and O–H groups in total. The Balaban J connectivity index is 1.34. The van der Waals surface area contributed by atoms with Gasteiger partial charge in [0.2, 0.25) is 17.6 Å². The molecule has 3 rings (SSSR count). The van der Waals surface area contributed by atoms with Gasteiger partial charge in [0.1, 0.15) is 0 Å². The third-order valence-electron chi connectivity index (χ3n) is 4.32. The Bertz CT molecular complexity index is 698. The van der Waals surface area contributed by atoms with Gasteiger partial charge in [0.05, 0.1) is 0 Å². The Labute approximate surface area is 158 Å². The number of nitrogens with one attached hydrogen (secondary N) is 2. The van der Waals surface area contributed by atoms with Crippen molar-refractivity contribution in [3.8, 4) is 11.4 Å². The van der Waals surface area contributed by atoms with Crippen molar-refractivity contribution in [3.05, 3.63) is 35.2 Å². The van der Waals surface area contributed by atoms with Crippen LogP contribution in [0.4, 0.5) is 0 Å². The zero-order chi connectivity index (χ0) is 18.2. The number of carbonyl (C=O) groups excluding carboxylic acids is 1. The second kappa shape index (κ2) is 9.66. The van der Waals surface area contributed by atoms with E-state index in [1.807, 2.05) is 12.1 Å². The number of rotatable bonds is 8. The minimum atomic E-state index is 0.0107. The summed E-state index contributed by atoms with van der Waals surface area (Å²) in [7, 11) is 0. The van der Waals surface area contributed by atoms with Gasteiger partial charge in [-0.05, 0) is 37.2 Å². The van der Waals surface area contributed by atoms with Crippen LogP contribution in [0.15, 0.2) is 28.8 Å². The Morgan fingerprint density at radius 3 is 2.81 bits per heavy atom. The molecule has 0 aliphatic carbocycles. The maximum absolute atomic E-state index is 11.9. The number of aryl methyl sites for hydroxylation is 1. The van der Waals surface area contributed by atoms with Crippen molar-refractivity contribution in [1.29, 1.82) is 0 Å². The van der Waals surface area contributed by atoms with Crippen molar-refractivity contribution in [3.63, 3.8) is 0 Å². The Kier molecular flexibility index (Phi) is 6.99. The molecule has 140 valence electrons. The van der Waals surface area contributed by atoms with E-state index in [9.17, 15) is 4.79 Å². The van der Waals surface area contributed by atoms with Gasteiger partial charge in [0.15, 0.2) is 0 Å². The summed E-state index contributed by atoms with van der Waals surface area (Å²) in [6.07, 6.45) is 1.74. The predicted molar refractivity (Wildman–Crippen MR) is 100 cm³/mol. The monoisotopic (exact) mass is 377 g/mol. The molecule has 1 aromatic heterocycles. The quantitative estimate of drug-likeness (QED) is 0.682. The van der Waals surface area contributed by atoms with Gasteiger partial charge in [-0.2, -0.15) is 4.98 Å². The van der Waals surface area contributed by atoms with Crippen LogP contribution >= 0.6 is 11.6 Å². The highest BCUT2D eigenvalue weighted by atomic mass is 35.5. The number of halogens is 1. The van der Waals surface area contributed by atoms with E-state index in [-0.39, 0.29) is 5.91 Å². The minimum absolute atomic E-state index is 0.0107. The Morgan fingerprint density at radius 2 is 2.04 bits per heavy atom. The molecule has 7 nitrogen and oxygen atoms in total. The van der Waals surface area contributed by atoms with Crippen LogP contribution in [0.5, 0.6) is 0 Å². The summed E-state index contributed by atoms with van der Waals surface area (Å²) in [5, 5.41) is 10.9. The third-order valence-corrected chi connectivity index (χ3v) is 4.57. The van der Waals surface area contributed by atoms with Crippen molar-refractivity contribution >= 4 is 17.5 Å². The molecule has 0 bridgehead atoms. The predicted octanol–water partition coefficient (Wildman–Crippen LogP) is 1.73. The van der Waals surface area contributed by atoms with Gasteiger partial charge in [-0.15, -0.1) is 0 Å². The lowest BCUT2D eigenvalue weighted by molar-refractivity contribution is -0.121. The van der Waals surface area contributed by atoms with Crippen LogP contribution < -0.4 is 10.6 Å². The van der Waals surface area contributed by atoms with E-state index < -0.39 is 0 Å². The third kappa shape index (κ3) is 5.79. The molecule has 2 aromatic rings. The molecule has 1 fully saturated rings. The maximum Gasteiger partial charge on any atom is 0.227 e. The van der Waals surface area contributed by atoms with Gasteiger partial charge < -0.3 is 20.1 Å². The summed E-state index contributed by atoms with van der Waals surface area (Å²) in [5.41, 5.74) is 0.835. The van der Waals surface area contributed by atoms with Crippen LogP contribution in [0.1, 0.15) is 18.7 Å². The Morgan fingerprint density at radius 1 is 1.27 bits per heavy atom. The summed E-state index contributed by atoms with van der Waals surface area (Å²) in [5.74, 6) is 0.982. The fourth-order valence-corrected chi connectivity index (χ4v) is 2.97. The molecule has 1 amide bonds. The average Bonchev–Trinajstić information content (AvgIpc) is 3.14. The summed E-state index contributed by atoms with van der Waals surface area (Å²) >= 11 is 5.87. The van der Waals surface area contributed by atoms with Crippen molar-refractivity contribution in [2.45, 2.75) is 19.3 Å². The lowest BCUT2D eigenvalue weighted by atomic mass is 10.2. The van der Waals surface area contributed by atoms with E-state index in [2.05, 4.69) is 25.7 Å². The topological polar surface area (TPSA) is 83.3 Å². The highest BCUT2D eigenvalue weighted by Gasteiger charge is 2.11. The van der Waals surface area contributed by atoms with Gasteiger partial charge in [-0.25, -0.2) is 0 Å². The SMILES string of the molecule is O=C(CCc1nc(-c2ccc(Cl)cc2)no1)NCCCN1CCNCC1. The first kappa shape index (κ1) is 18.8. The number of benzene rings is 1. The van der Waals surface area contributed by atoms with Gasteiger partial charge >= 0.3 is 0 Å². The average molecular weight is 378 g/mol. The van der Waals surface area contributed by atoms with Gasteiger partial charge in [0.25, 0.3) is 0 Å². The first-order valence-electron chi connectivity index (χ1n) is 8.99. The molecule has 1 aliphatic rings. The highest BCUT2D eigenvalue weighted by Crippen LogP contribution is 2.18. The van der Waals surface area contributed by atoms with Crippen molar-refractivity contribution in [1.82, 2.24) is 25.7 Å². The summed E-state index contributed by atoms with van der Waals surface area (Å²) in [4.78, 5) is 18.7. The van der Waals surface area contributed by atoms with Crippen LogP contribution in [0, 0.1) is 0 Å². The van der Waals surface area contributed by atoms with E-state index >= 15 is 0 Å². The van der Waals surface area contributed by atoms with E-state index in [1.165, 1.54) is 0 Å². The zero-order valence-corrected chi connectivity index (χ0v) is 15.5. The molecule has 1 saturated heterocycles. The number of carbonyl (C=O) groups is 1. The Hall–Kier alpha value is -1.96. The molecule has 26 heavy (non-hydrogen) atoms. The smallest absolute Gasteiger partial charge is 0.227 e. The first-order chi connectivity index (χ1) is 12.7. The lowest BCUT2D eigenvalue weighted by Crippen LogP contribution is -2.44. The molecular formula is C18H24ClN5O2. The van der Waals surface area contributed by atoms with Gasteiger partial charge in [-0.1, -0.05) is 16.8 Å². The molecule has 0 saturated carbocycles. The second-order valence-electron chi connectivity index (χ2n) is 6.31. The molecule has 0 spiro atoms. The number of aromatic nitrogens is 2. The van der Waals surface area contributed by atoms with Crippen LogP contribution in [0.3, 0.4) is 0 Å². The van der Waals surface area contributed by atoms with Crippen LogP contribution in [-0.2, 0) is 11.2 Å². The van der Waals surface area contributed by atoms with E-state index in [1.54, 1.807) is 12.1 Å². The molecule has 1 aliphatic heterocycles. The molecule has 0 atom stereocenters. The number of nitrogens with zero attached hydrogens (tertiary/aromatic N) is 3. The van der Waals surface area contributed by atoms with Gasteiger partial charge in [0, 0.05) is 56.2 Å². The summed E-state index contributed by atoms with van der Waals surface area (Å²) < 4.78 is 5.22. The number of amides is 1. The van der Waals surface area contributed by atoms with E-state index in [0.717, 1.165) is 44.7 Å². The summed E-state index contributed by atoms with van der Waals surface area (Å²) in [6, 6.07) is 7.23. The number of piperazine rings is 1. The van der Waals surface area contributed by atoms with Crippen molar-refractivity contribution in [2.75, 3.05) is 39.3 Å². The lowest BCUT2D eigenvalue weighted by Gasteiger charge is -2.27. The first-order valence-corrected chi connectivity index (χ1v) is 9.37. The fourth-order valence-electron chi connectivity index (χ4n) is 2.85. The van der Waals surface area contributed by atoms with Crippen LogP contribution in [-0.4, -0.2) is 60.2 Å². The largest absolute Gasteiger partial charge is 0.356 e. The molecule has 8 heteroatoms. The molecular weight excluding hydrogens is 354 g/mol. The van der Waals surface area contributed by atoms with Crippen molar-refractivity contribution in [2.24, 2.45) is 0 Å². The molecule has 0 radical (unpaired) electrons. The van der Waals surface area contributed by atoms with Gasteiger partial charge in [-0.3, -0.25) is 4.79 Å². The fraction of sp³-hybridized carbons (Fsp3) is 0.500. The highest BCUT2D eigenvalue weighted by molar-refractivity contribution is 6.30. The maximum atomic E-state index is 11.9. The normalized spacial score (nSPS) is 15.1. The van der Waals surface area contributed by atoms with E-state index in [4.69, 9.17) is 16.1 Å². The molecule has 0 unspecified atom stereocenters. The molecule has 1 aromatic carbocycles. The van der Waals surface area contributed by atoms with Crippen LogP contribution in [0.2, 0.25) is 5.02 Å². The number of hydrogen-bond acceptors (Lipinski definition) is 6.